The predicted molar refractivity (Wildman–Crippen MR) is 106 cm³/mol. The summed E-state index contributed by atoms with van der Waals surface area (Å²) in [4.78, 5) is 32.6. The largest absolute Gasteiger partial charge is 0.431 e. The first kappa shape index (κ1) is 18.4. The van der Waals surface area contributed by atoms with Crippen molar-refractivity contribution < 1.29 is 14.0 Å². The van der Waals surface area contributed by atoms with Crippen LogP contribution in [0.2, 0.25) is 0 Å². The molecule has 0 unspecified atom stereocenters. The monoisotopic (exact) mass is 380 g/mol. The van der Waals surface area contributed by atoms with Gasteiger partial charge in [-0.2, -0.15) is 4.98 Å². The second kappa shape index (κ2) is 8.39. The average molecular weight is 380 g/mol. The van der Waals surface area contributed by atoms with E-state index in [4.69, 9.17) is 4.42 Å². The molecule has 2 heterocycles. The molecule has 7 heteroatoms. The number of aromatic nitrogens is 1. The maximum Gasteiger partial charge on any atom is 0.302 e. The molecule has 146 valence electrons. The molecule has 0 bridgehead atoms. The first-order chi connectivity index (χ1) is 13.7. The van der Waals surface area contributed by atoms with Crippen LogP contribution in [0, 0.1) is 5.92 Å². The van der Waals surface area contributed by atoms with Crippen molar-refractivity contribution >= 4 is 23.9 Å². The highest BCUT2D eigenvalue weighted by Gasteiger charge is 2.31. The van der Waals surface area contributed by atoms with Crippen LogP contribution in [-0.2, 0) is 4.79 Å². The molecule has 2 amide bonds. The highest BCUT2D eigenvalue weighted by atomic mass is 16.4. The molecule has 0 spiro atoms. The molecule has 2 aromatic rings. The number of anilines is 1. The zero-order valence-electron chi connectivity index (χ0n) is 15.7. The van der Waals surface area contributed by atoms with Gasteiger partial charge in [0, 0.05) is 38.6 Å². The van der Waals surface area contributed by atoms with E-state index in [2.05, 4.69) is 39.5 Å². The summed E-state index contributed by atoms with van der Waals surface area (Å²) in [7, 11) is 0. The number of rotatable bonds is 6. The summed E-state index contributed by atoms with van der Waals surface area (Å²) in [6.45, 7) is 3.78. The summed E-state index contributed by atoms with van der Waals surface area (Å²) in [5, 5.41) is 2.62. The van der Waals surface area contributed by atoms with Gasteiger partial charge in [-0.3, -0.25) is 19.8 Å². The Bertz CT molecular complexity index is 850. The van der Waals surface area contributed by atoms with E-state index < -0.39 is 0 Å². The zero-order valence-corrected chi connectivity index (χ0v) is 15.7. The summed E-state index contributed by atoms with van der Waals surface area (Å²) in [5.74, 6) is -0.178. The van der Waals surface area contributed by atoms with Crippen LogP contribution in [0.1, 0.15) is 28.9 Å². The van der Waals surface area contributed by atoms with Crippen LogP contribution < -0.4 is 5.32 Å². The number of benzene rings is 1. The molecule has 1 N–H and O–H groups in total. The fourth-order valence-electron chi connectivity index (χ4n) is 3.18. The molecule has 1 saturated carbocycles. The minimum atomic E-state index is -0.157. The molecule has 1 aliphatic carbocycles. The Morgan fingerprint density at radius 3 is 2.61 bits per heavy atom. The van der Waals surface area contributed by atoms with Gasteiger partial charge in [0.1, 0.15) is 6.26 Å². The third kappa shape index (κ3) is 4.67. The number of hydrogen-bond acceptors (Lipinski definition) is 5. The standard InChI is InChI=1S/C21H24N4O3/c26-19(17-8-9-17)23-21-22-18(15-28-21)20(27)25-13-11-24(12-14-25)10-4-7-16-5-2-1-3-6-16/h1-7,15,17H,8-14H2,(H,22,23,26)/b7-4+. The van der Waals surface area contributed by atoms with Gasteiger partial charge in [-0.15, -0.1) is 0 Å². The fourth-order valence-corrected chi connectivity index (χ4v) is 3.18. The van der Waals surface area contributed by atoms with Gasteiger partial charge in [0.15, 0.2) is 5.69 Å². The van der Waals surface area contributed by atoms with Crippen molar-refractivity contribution in [2.24, 2.45) is 5.92 Å². The predicted octanol–water partition coefficient (Wildman–Crippen LogP) is 2.49. The molecule has 2 fully saturated rings. The van der Waals surface area contributed by atoms with Crippen molar-refractivity contribution in [3.8, 4) is 0 Å². The van der Waals surface area contributed by atoms with Crippen molar-refractivity contribution in [1.82, 2.24) is 14.8 Å². The second-order valence-electron chi connectivity index (χ2n) is 7.21. The van der Waals surface area contributed by atoms with Crippen LogP contribution >= 0.6 is 0 Å². The first-order valence-corrected chi connectivity index (χ1v) is 9.68. The third-order valence-corrected chi connectivity index (χ3v) is 5.03. The maximum atomic E-state index is 12.6. The summed E-state index contributed by atoms with van der Waals surface area (Å²) in [5.41, 5.74) is 1.43. The Morgan fingerprint density at radius 2 is 1.89 bits per heavy atom. The van der Waals surface area contributed by atoms with Gasteiger partial charge in [0.25, 0.3) is 5.91 Å². The number of carbonyl (C=O) groups is 2. The van der Waals surface area contributed by atoms with Gasteiger partial charge in [0.2, 0.25) is 5.91 Å². The van der Waals surface area contributed by atoms with E-state index in [0.717, 1.165) is 32.5 Å². The lowest BCUT2D eigenvalue weighted by Crippen LogP contribution is -2.48. The lowest BCUT2D eigenvalue weighted by Gasteiger charge is -2.33. The SMILES string of the molecule is O=C(Nc1nc(C(=O)N2CCN(C/C=C/c3ccccc3)CC2)co1)C1CC1. The van der Waals surface area contributed by atoms with E-state index in [9.17, 15) is 9.59 Å². The highest BCUT2D eigenvalue weighted by molar-refractivity contribution is 5.94. The maximum absolute atomic E-state index is 12.6. The van der Waals surface area contributed by atoms with Crippen molar-refractivity contribution in [1.29, 1.82) is 0 Å². The summed E-state index contributed by atoms with van der Waals surface area (Å²) < 4.78 is 5.23. The molecule has 1 aromatic carbocycles. The van der Waals surface area contributed by atoms with E-state index >= 15 is 0 Å². The molecule has 28 heavy (non-hydrogen) atoms. The summed E-state index contributed by atoms with van der Waals surface area (Å²) >= 11 is 0. The quantitative estimate of drug-likeness (QED) is 0.833. The molecule has 7 nitrogen and oxygen atoms in total. The number of amides is 2. The minimum Gasteiger partial charge on any atom is -0.431 e. The van der Waals surface area contributed by atoms with Crippen molar-refractivity contribution in [3.05, 3.63) is 53.9 Å². The topological polar surface area (TPSA) is 78.7 Å². The van der Waals surface area contributed by atoms with Crippen molar-refractivity contribution in [2.45, 2.75) is 12.8 Å². The van der Waals surface area contributed by atoms with Crippen molar-refractivity contribution in [2.75, 3.05) is 38.0 Å². The van der Waals surface area contributed by atoms with E-state index in [-0.39, 0.29) is 29.4 Å². The van der Waals surface area contributed by atoms with Gasteiger partial charge in [-0.25, -0.2) is 0 Å². The molecule has 1 saturated heterocycles. The van der Waals surface area contributed by atoms with Gasteiger partial charge in [-0.1, -0.05) is 42.5 Å². The van der Waals surface area contributed by atoms with Crippen LogP contribution in [0.25, 0.3) is 6.08 Å². The number of nitrogens with one attached hydrogen (secondary N) is 1. The van der Waals surface area contributed by atoms with E-state index in [1.165, 1.54) is 11.8 Å². The van der Waals surface area contributed by atoms with Crippen LogP contribution in [0.3, 0.4) is 0 Å². The normalized spacial score (nSPS) is 17.8. The Hall–Kier alpha value is -2.93. The molecular weight excluding hydrogens is 356 g/mol. The van der Waals surface area contributed by atoms with Gasteiger partial charge >= 0.3 is 6.01 Å². The molecular formula is C21H24N4O3. The lowest BCUT2D eigenvalue weighted by atomic mass is 10.2. The molecule has 0 radical (unpaired) electrons. The van der Waals surface area contributed by atoms with E-state index in [0.29, 0.717) is 13.1 Å². The highest BCUT2D eigenvalue weighted by Crippen LogP contribution is 2.30. The minimum absolute atomic E-state index is 0.0649. The number of nitrogens with zero attached hydrogens (tertiary/aromatic N) is 3. The second-order valence-corrected chi connectivity index (χ2v) is 7.21. The van der Waals surface area contributed by atoms with Crippen molar-refractivity contribution in [3.63, 3.8) is 0 Å². The summed E-state index contributed by atoms with van der Waals surface area (Å²) in [6, 6.07) is 10.3. The molecule has 4 rings (SSSR count). The smallest absolute Gasteiger partial charge is 0.302 e. The van der Waals surface area contributed by atoms with E-state index in [1.54, 1.807) is 4.90 Å². The Labute approximate surface area is 164 Å². The third-order valence-electron chi connectivity index (χ3n) is 5.03. The Balaban J connectivity index is 1.24. The van der Waals surface area contributed by atoms with Crippen LogP contribution in [0.4, 0.5) is 6.01 Å². The van der Waals surface area contributed by atoms with Crippen LogP contribution in [-0.4, -0.2) is 59.3 Å². The number of piperazine rings is 1. The van der Waals surface area contributed by atoms with E-state index in [1.807, 2.05) is 18.2 Å². The molecule has 2 aliphatic rings. The first-order valence-electron chi connectivity index (χ1n) is 9.68. The van der Waals surface area contributed by atoms with Crippen LogP contribution in [0.15, 0.2) is 47.1 Å². The lowest BCUT2D eigenvalue weighted by molar-refractivity contribution is -0.117. The van der Waals surface area contributed by atoms with Crippen LogP contribution in [0.5, 0.6) is 0 Å². The number of hydrogen-bond donors (Lipinski definition) is 1. The molecule has 0 atom stereocenters. The van der Waals surface area contributed by atoms with Gasteiger partial charge in [0.05, 0.1) is 0 Å². The van der Waals surface area contributed by atoms with Gasteiger partial charge < -0.3 is 9.32 Å². The molecule has 1 aliphatic heterocycles. The van der Waals surface area contributed by atoms with Gasteiger partial charge in [-0.05, 0) is 18.4 Å². The fraction of sp³-hybridized carbons (Fsp3) is 0.381. The number of oxazole rings is 1. The molecule has 1 aromatic heterocycles. The Morgan fingerprint density at radius 1 is 1.14 bits per heavy atom. The number of carbonyl (C=O) groups excluding carboxylic acids is 2. The Kier molecular flexibility index (Phi) is 5.53. The average Bonchev–Trinajstić information content (AvgIpc) is 3.48. The summed E-state index contributed by atoms with van der Waals surface area (Å²) in [6.07, 6.45) is 7.40. The zero-order chi connectivity index (χ0) is 19.3.